The van der Waals surface area contributed by atoms with Gasteiger partial charge >= 0.3 is 0 Å². The molecule has 0 fully saturated rings. The van der Waals surface area contributed by atoms with Gasteiger partial charge in [-0.05, 0) is 59.6 Å². The van der Waals surface area contributed by atoms with Gasteiger partial charge in [-0.25, -0.2) is 4.39 Å². The molecule has 0 bridgehead atoms. The van der Waals surface area contributed by atoms with Crippen molar-refractivity contribution < 1.29 is 4.39 Å². The first-order chi connectivity index (χ1) is 12.7. The molecule has 0 aromatic heterocycles. The Balaban J connectivity index is 1.64. The van der Waals surface area contributed by atoms with E-state index in [1.807, 2.05) is 31.2 Å². The van der Waals surface area contributed by atoms with E-state index < -0.39 is 0 Å². The van der Waals surface area contributed by atoms with E-state index in [9.17, 15) is 4.39 Å². The molecule has 0 radical (unpaired) electrons. The second-order valence-electron chi connectivity index (χ2n) is 6.93. The summed E-state index contributed by atoms with van der Waals surface area (Å²) < 4.78 is 14.3. The van der Waals surface area contributed by atoms with E-state index in [1.165, 1.54) is 23.1 Å². The molecule has 3 aromatic carbocycles. The summed E-state index contributed by atoms with van der Waals surface area (Å²) in [5, 5.41) is 0. The van der Waals surface area contributed by atoms with Gasteiger partial charge < -0.3 is 0 Å². The third-order valence-corrected chi connectivity index (χ3v) is 4.97. The monoisotopic (exact) mass is 346 g/mol. The highest BCUT2D eigenvalue weighted by atomic mass is 19.1. The topological polar surface area (TPSA) is 0 Å². The van der Waals surface area contributed by atoms with Crippen molar-refractivity contribution in [2.75, 3.05) is 0 Å². The lowest BCUT2D eigenvalue weighted by Crippen LogP contribution is -1.93. The Kier molecular flexibility index (Phi) is 6.22. The largest absolute Gasteiger partial charge is 0.206 e. The maximum absolute atomic E-state index is 14.3. The summed E-state index contributed by atoms with van der Waals surface area (Å²) in [7, 11) is 0. The highest BCUT2D eigenvalue weighted by Crippen LogP contribution is 2.24. The van der Waals surface area contributed by atoms with Crippen LogP contribution in [0.25, 0.3) is 11.1 Å². The molecule has 0 spiro atoms. The number of halogens is 1. The molecule has 0 saturated heterocycles. The average molecular weight is 346 g/mol. The van der Waals surface area contributed by atoms with Crippen molar-refractivity contribution in [3.8, 4) is 11.1 Å². The first kappa shape index (κ1) is 18.4. The van der Waals surface area contributed by atoms with Crippen LogP contribution in [0.15, 0.2) is 66.7 Å². The molecular formula is C25H27F. The highest BCUT2D eigenvalue weighted by molar-refractivity contribution is 5.64. The van der Waals surface area contributed by atoms with Gasteiger partial charge in [0, 0.05) is 5.56 Å². The van der Waals surface area contributed by atoms with Crippen LogP contribution < -0.4 is 0 Å². The van der Waals surface area contributed by atoms with E-state index in [0.717, 1.165) is 36.8 Å². The molecule has 3 rings (SSSR count). The van der Waals surface area contributed by atoms with Crippen LogP contribution in [0.2, 0.25) is 0 Å². The summed E-state index contributed by atoms with van der Waals surface area (Å²) in [5.41, 5.74) is 6.73. The zero-order chi connectivity index (χ0) is 18.4. The van der Waals surface area contributed by atoms with Crippen molar-refractivity contribution >= 4 is 0 Å². The lowest BCUT2D eigenvalue weighted by atomic mass is 9.98. The van der Waals surface area contributed by atoms with Gasteiger partial charge in [0.15, 0.2) is 0 Å². The summed E-state index contributed by atoms with van der Waals surface area (Å²) >= 11 is 0. The van der Waals surface area contributed by atoms with E-state index >= 15 is 0 Å². The number of hydrogen-bond acceptors (Lipinski definition) is 0. The first-order valence-electron chi connectivity index (χ1n) is 9.65. The Morgan fingerprint density at radius 3 is 1.62 bits per heavy atom. The van der Waals surface area contributed by atoms with Crippen LogP contribution in [0.1, 0.15) is 42.5 Å². The summed E-state index contributed by atoms with van der Waals surface area (Å²) in [6, 6.07) is 22.8. The zero-order valence-corrected chi connectivity index (χ0v) is 15.8. The van der Waals surface area contributed by atoms with E-state index in [4.69, 9.17) is 0 Å². The average Bonchev–Trinajstić information content (AvgIpc) is 2.68. The molecule has 26 heavy (non-hydrogen) atoms. The van der Waals surface area contributed by atoms with Crippen molar-refractivity contribution in [3.05, 3.63) is 94.8 Å². The van der Waals surface area contributed by atoms with Crippen LogP contribution in [0.3, 0.4) is 0 Å². The molecule has 0 amide bonds. The maximum Gasteiger partial charge on any atom is 0.131 e. The van der Waals surface area contributed by atoms with Gasteiger partial charge in [-0.1, -0.05) is 80.9 Å². The predicted octanol–water partition coefficient (Wildman–Crippen LogP) is 6.79. The van der Waals surface area contributed by atoms with E-state index in [1.54, 1.807) is 6.07 Å². The normalized spacial score (nSPS) is 10.9. The maximum atomic E-state index is 14.3. The summed E-state index contributed by atoms with van der Waals surface area (Å²) in [4.78, 5) is 0. The summed E-state index contributed by atoms with van der Waals surface area (Å²) in [6.07, 6.45) is 5.23. The van der Waals surface area contributed by atoms with E-state index in [0.29, 0.717) is 5.56 Å². The third-order valence-electron chi connectivity index (χ3n) is 4.97. The van der Waals surface area contributed by atoms with Gasteiger partial charge in [0.05, 0.1) is 0 Å². The molecule has 3 aromatic rings. The summed E-state index contributed by atoms with van der Waals surface area (Å²) in [6.45, 7) is 4.25. The van der Waals surface area contributed by atoms with Crippen LogP contribution in [0.5, 0.6) is 0 Å². The number of rotatable bonds is 7. The molecule has 0 heterocycles. The van der Waals surface area contributed by atoms with Crippen LogP contribution in [-0.2, 0) is 25.7 Å². The van der Waals surface area contributed by atoms with E-state index in [2.05, 4.69) is 43.3 Å². The van der Waals surface area contributed by atoms with Crippen molar-refractivity contribution in [2.24, 2.45) is 0 Å². The molecule has 0 unspecified atom stereocenters. The SMILES string of the molecule is CCCc1ccc(CCc2ccc(-c3ccc(CC)cc3F)cc2)cc1. The van der Waals surface area contributed by atoms with Crippen molar-refractivity contribution in [1.82, 2.24) is 0 Å². The van der Waals surface area contributed by atoms with Crippen molar-refractivity contribution in [1.29, 1.82) is 0 Å². The van der Waals surface area contributed by atoms with Crippen molar-refractivity contribution in [3.63, 3.8) is 0 Å². The van der Waals surface area contributed by atoms with Crippen LogP contribution in [0.4, 0.5) is 4.39 Å². The molecule has 0 nitrogen and oxygen atoms in total. The second kappa shape index (κ2) is 8.80. The van der Waals surface area contributed by atoms with Crippen LogP contribution in [0, 0.1) is 5.82 Å². The molecule has 0 atom stereocenters. The minimum atomic E-state index is -0.135. The molecular weight excluding hydrogens is 319 g/mol. The van der Waals surface area contributed by atoms with Crippen LogP contribution in [-0.4, -0.2) is 0 Å². The predicted molar refractivity (Wildman–Crippen MR) is 109 cm³/mol. The van der Waals surface area contributed by atoms with Gasteiger partial charge in [0.2, 0.25) is 0 Å². The number of benzene rings is 3. The van der Waals surface area contributed by atoms with Gasteiger partial charge in [0.1, 0.15) is 5.82 Å². The Morgan fingerprint density at radius 2 is 1.12 bits per heavy atom. The Morgan fingerprint density at radius 1 is 0.615 bits per heavy atom. The molecule has 0 aliphatic carbocycles. The molecule has 1 heteroatoms. The second-order valence-corrected chi connectivity index (χ2v) is 6.93. The third kappa shape index (κ3) is 4.60. The lowest BCUT2D eigenvalue weighted by Gasteiger charge is -2.08. The fraction of sp³-hybridized carbons (Fsp3) is 0.280. The standard InChI is InChI=1S/C25H27F/c1-3-5-20-6-8-21(9-7-20)10-11-22-12-15-23(16-13-22)24-17-14-19(4-2)18-25(24)26/h6-9,12-18H,3-5,10-11H2,1-2H3. The first-order valence-corrected chi connectivity index (χ1v) is 9.65. The molecule has 0 aliphatic heterocycles. The lowest BCUT2D eigenvalue weighted by molar-refractivity contribution is 0.629. The number of aryl methyl sites for hydroxylation is 4. The molecule has 134 valence electrons. The minimum Gasteiger partial charge on any atom is -0.206 e. The van der Waals surface area contributed by atoms with Gasteiger partial charge in [0.25, 0.3) is 0 Å². The Hall–Kier alpha value is -2.41. The Bertz CT molecular complexity index is 829. The zero-order valence-electron chi connectivity index (χ0n) is 15.8. The van der Waals surface area contributed by atoms with Gasteiger partial charge in [-0.15, -0.1) is 0 Å². The molecule has 0 saturated carbocycles. The molecule has 0 aliphatic rings. The smallest absolute Gasteiger partial charge is 0.131 e. The van der Waals surface area contributed by atoms with E-state index in [-0.39, 0.29) is 5.82 Å². The minimum absolute atomic E-state index is 0.135. The fourth-order valence-electron chi connectivity index (χ4n) is 3.31. The van der Waals surface area contributed by atoms with Crippen LogP contribution >= 0.6 is 0 Å². The van der Waals surface area contributed by atoms with Gasteiger partial charge in [-0.3, -0.25) is 0 Å². The quantitative estimate of drug-likeness (QED) is 0.441. The number of hydrogen-bond donors (Lipinski definition) is 0. The molecule has 0 N–H and O–H groups in total. The van der Waals surface area contributed by atoms with Crippen molar-refractivity contribution in [2.45, 2.75) is 46.0 Å². The van der Waals surface area contributed by atoms with Gasteiger partial charge in [-0.2, -0.15) is 0 Å². The highest BCUT2D eigenvalue weighted by Gasteiger charge is 2.06. The fourth-order valence-corrected chi connectivity index (χ4v) is 3.31. The Labute approximate surface area is 156 Å². The summed E-state index contributed by atoms with van der Waals surface area (Å²) in [5.74, 6) is -0.135.